The number of pyridine rings is 1. The lowest BCUT2D eigenvalue weighted by atomic mass is 10.0. The maximum absolute atomic E-state index is 5.73. The second-order valence-corrected chi connectivity index (χ2v) is 7.09. The van der Waals surface area contributed by atoms with E-state index in [1.165, 1.54) is 0 Å². The van der Waals surface area contributed by atoms with Crippen LogP contribution in [0.15, 0.2) is 40.2 Å². The molecule has 0 aromatic carbocycles. The number of anilines is 1. The van der Waals surface area contributed by atoms with Gasteiger partial charge in [-0.2, -0.15) is 5.10 Å². The third-order valence-corrected chi connectivity index (χ3v) is 4.54. The SMILES string of the molecule is CC(C)CC(Nc1nnc(CSc2ccncc2)o1)c1ncnn1C. The van der Waals surface area contributed by atoms with E-state index < -0.39 is 0 Å². The Morgan fingerprint density at radius 2 is 2.04 bits per heavy atom. The summed E-state index contributed by atoms with van der Waals surface area (Å²) in [6, 6.07) is 4.27. The number of hydrogen-bond acceptors (Lipinski definition) is 8. The highest BCUT2D eigenvalue weighted by Gasteiger charge is 2.20. The van der Waals surface area contributed by atoms with Crippen molar-refractivity contribution in [1.29, 1.82) is 0 Å². The minimum Gasteiger partial charge on any atom is -0.407 e. The van der Waals surface area contributed by atoms with Gasteiger partial charge in [-0.15, -0.1) is 16.9 Å². The molecule has 25 heavy (non-hydrogen) atoms. The summed E-state index contributed by atoms with van der Waals surface area (Å²) in [4.78, 5) is 9.45. The predicted molar refractivity (Wildman–Crippen MR) is 94.9 cm³/mol. The molecule has 0 aliphatic heterocycles. The summed E-state index contributed by atoms with van der Waals surface area (Å²) >= 11 is 1.63. The van der Waals surface area contributed by atoms with E-state index in [2.05, 4.69) is 44.4 Å². The minimum absolute atomic E-state index is 0.0337. The minimum atomic E-state index is -0.0337. The molecule has 0 radical (unpaired) electrons. The van der Waals surface area contributed by atoms with E-state index in [0.717, 1.165) is 17.1 Å². The molecule has 0 amide bonds. The second kappa shape index (κ2) is 8.11. The molecular formula is C16H21N7OS. The monoisotopic (exact) mass is 359 g/mol. The summed E-state index contributed by atoms with van der Waals surface area (Å²) < 4.78 is 7.49. The van der Waals surface area contributed by atoms with Gasteiger partial charge in [0.05, 0.1) is 11.8 Å². The summed E-state index contributed by atoms with van der Waals surface area (Å²) in [7, 11) is 1.88. The smallest absolute Gasteiger partial charge is 0.316 e. The molecule has 132 valence electrons. The summed E-state index contributed by atoms with van der Waals surface area (Å²) in [6.07, 6.45) is 5.96. The van der Waals surface area contributed by atoms with E-state index in [4.69, 9.17) is 4.42 Å². The maximum Gasteiger partial charge on any atom is 0.316 e. The number of rotatable bonds is 8. The van der Waals surface area contributed by atoms with Crippen molar-refractivity contribution in [3.05, 3.63) is 42.6 Å². The number of aromatic nitrogens is 6. The zero-order valence-electron chi connectivity index (χ0n) is 14.5. The molecule has 0 aliphatic carbocycles. The van der Waals surface area contributed by atoms with Gasteiger partial charge < -0.3 is 9.73 Å². The van der Waals surface area contributed by atoms with Gasteiger partial charge in [-0.1, -0.05) is 18.9 Å². The number of hydrogen-bond donors (Lipinski definition) is 1. The van der Waals surface area contributed by atoms with E-state index >= 15 is 0 Å². The Morgan fingerprint density at radius 1 is 1.24 bits per heavy atom. The van der Waals surface area contributed by atoms with Crippen molar-refractivity contribution in [3.8, 4) is 0 Å². The number of aryl methyl sites for hydroxylation is 1. The molecule has 0 fully saturated rings. The lowest BCUT2D eigenvalue weighted by Gasteiger charge is -2.18. The molecule has 0 aliphatic rings. The van der Waals surface area contributed by atoms with E-state index in [0.29, 0.717) is 23.6 Å². The first kappa shape index (κ1) is 17.4. The van der Waals surface area contributed by atoms with Gasteiger partial charge in [-0.25, -0.2) is 4.98 Å². The first-order valence-electron chi connectivity index (χ1n) is 8.07. The van der Waals surface area contributed by atoms with Crippen molar-refractivity contribution in [1.82, 2.24) is 29.9 Å². The van der Waals surface area contributed by atoms with Gasteiger partial charge in [-0.3, -0.25) is 9.67 Å². The van der Waals surface area contributed by atoms with Gasteiger partial charge in [0.1, 0.15) is 12.2 Å². The van der Waals surface area contributed by atoms with Crippen LogP contribution in [0.25, 0.3) is 0 Å². The molecule has 9 heteroatoms. The van der Waals surface area contributed by atoms with Crippen LogP contribution < -0.4 is 5.32 Å². The Morgan fingerprint density at radius 3 is 2.72 bits per heavy atom. The summed E-state index contributed by atoms with van der Waals surface area (Å²) in [6.45, 7) is 4.32. The second-order valence-electron chi connectivity index (χ2n) is 6.04. The van der Waals surface area contributed by atoms with Crippen LogP contribution >= 0.6 is 11.8 Å². The molecule has 3 heterocycles. The third-order valence-electron chi connectivity index (χ3n) is 3.54. The van der Waals surface area contributed by atoms with Crippen LogP contribution in [0.2, 0.25) is 0 Å². The molecule has 8 nitrogen and oxygen atoms in total. The lowest BCUT2D eigenvalue weighted by Crippen LogP contribution is -2.18. The number of thioether (sulfide) groups is 1. The standard InChI is InChI=1S/C16H21N7OS/c1-11(2)8-13(15-18-10-19-23(15)3)20-16-22-21-14(24-16)9-25-12-4-6-17-7-5-12/h4-7,10-11,13H,8-9H2,1-3H3,(H,20,22). The van der Waals surface area contributed by atoms with Crippen molar-refractivity contribution >= 4 is 17.8 Å². The molecule has 3 rings (SSSR count). The van der Waals surface area contributed by atoms with Crippen LogP contribution in [-0.2, 0) is 12.8 Å². The van der Waals surface area contributed by atoms with Gasteiger partial charge in [0.2, 0.25) is 5.89 Å². The molecule has 3 aromatic heterocycles. The summed E-state index contributed by atoms with van der Waals surface area (Å²) in [5.74, 6) is 2.52. The molecule has 0 saturated heterocycles. The molecular weight excluding hydrogens is 338 g/mol. The molecule has 0 bridgehead atoms. The summed E-state index contributed by atoms with van der Waals surface area (Å²) in [5.41, 5.74) is 0. The Labute approximate surface area is 150 Å². The van der Waals surface area contributed by atoms with Crippen molar-refractivity contribution in [2.24, 2.45) is 13.0 Å². The number of nitrogens with one attached hydrogen (secondary N) is 1. The summed E-state index contributed by atoms with van der Waals surface area (Å²) in [5, 5.41) is 15.6. The van der Waals surface area contributed by atoms with E-state index in [9.17, 15) is 0 Å². The van der Waals surface area contributed by atoms with E-state index in [1.807, 2.05) is 19.2 Å². The van der Waals surface area contributed by atoms with Gasteiger partial charge >= 0.3 is 6.01 Å². The van der Waals surface area contributed by atoms with Crippen LogP contribution in [0.3, 0.4) is 0 Å². The van der Waals surface area contributed by atoms with Crippen LogP contribution in [-0.4, -0.2) is 29.9 Å². The molecule has 1 unspecified atom stereocenters. The first-order valence-corrected chi connectivity index (χ1v) is 9.06. The Kier molecular flexibility index (Phi) is 5.64. The molecule has 0 spiro atoms. The van der Waals surface area contributed by atoms with Crippen LogP contribution in [0.1, 0.15) is 38.0 Å². The van der Waals surface area contributed by atoms with Crippen molar-refractivity contribution in [2.45, 2.75) is 37.0 Å². The lowest BCUT2D eigenvalue weighted by molar-refractivity contribution is 0.471. The maximum atomic E-state index is 5.73. The van der Waals surface area contributed by atoms with Gasteiger partial charge in [0.25, 0.3) is 0 Å². The fourth-order valence-electron chi connectivity index (χ4n) is 2.42. The van der Waals surface area contributed by atoms with Gasteiger partial charge in [-0.05, 0) is 24.5 Å². The third kappa shape index (κ3) is 4.79. The van der Waals surface area contributed by atoms with Gasteiger partial charge in [0.15, 0.2) is 0 Å². The highest BCUT2D eigenvalue weighted by molar-refractivity contribution is 7.98. The van der Waals surface area contributed by atoms with Crippen molar-refractivity contribution in [2.75, 3.05) is 5.32 Å². The topological polar surface area (TPSA) is 94.6 Å². The van der Waals surface area contributed by atoms with E-state index in [-0.39, 0.29) is 6.04 Å². The predicted octanol–water partition coefficient (Wildman–Crippen LogP) is 3.08. The fourth-order valence-corrected chi connectivity index (χ4v) is 3.14. The Hall–Kier alpha value is -2.42. The first-order chi connectivity index (χ1) is 12.1. The average Bonchev–Trinajstić information content (AvgIpc) is 3.22. The Balaban J connectivity index is 1.65. The normalized spacial score (nSPS) is 12.5. The quantitative estimate of drug-likeness (QED) is 0.613. The molecule has 3 aromatic rings. The molecule has 1 atom stereocenters. The van der Waals surface area contributed by atoms with Crippen LogP contribution in [0.5, 0.6) is 0 Å². The van der Waals surface area contributed by atoms with Crippen LogP contribution in [0.4, 0.5) is 6.01 Å². The average molecular weight is 359 g/mol. The largest absolute Gasteiger partial charge is 0.407 e. The molecule has 0 saturated carbocycles. The van der Waals surface area contributed by atoms with Gasteiger partial charge in [0, 0.05) is 24.3 Å². The number of nitrogens with zero attached hydrogens (tertiary/aromatic N) is 6. The highest BCUT2D eigenvalue weighted by Crippen LogP contribution is 2.25. The zero-order valence-corrected chi connectivity index (χ0v) is 15.3. The van der Waals surface area contributed by atoms with Crippen LogP contribution in [0, 0.1) is 5.92 Å². The van der Waals surface area contributed by atoms with Crippen molar-refractivity contribution < 1.29 is 4.42 Å². The molecule has 1 N–H and O–H groups in total. The zero-order chi connectivity index (χ0) is 17.6. The fraction of sp³-hybridized carbons (Fsp3) is 0.438. The highest BCUT2D eigenvalue weighted by atomic mass is 32.2. The Bertz CT molecular complexity index is 787. The van der Waals surface area contributed by atoms with Crippen molar-refractivity contribution in [3.63, 3.8) is 0 Å². The van der Waals surface area contributed by atoms with E-state index in [1.54, 1.807) is 35.2 Å².